The molecule has 0 saturated heterocycles. The Labute approximate surface area is 149 Å². The number of carbonyl (C=O) groups excluding carboxylic acids is 1. The van der Waals surface area contributed by atoms with Gasteiger partial charge in [-0.2, -0.15) is 0 Å². The van der Waals surface area contributed by atoms with Crippen LogP contribution in [0, 0.1) is 22.2 Å². The van der Waals surface area contributed by atoms with Crippen LogP contribution in [0.2, 0.25) is 0 Å². The van der Waals surface area contributed by atoms with Crippen molar-refractivity contribution in [2.45, 2.75) is 99.5 Å². The van der Waals surface area contributed by atoms with E-state index in [4.69, 9.17) is 4.74 Å². The molecule has 142 valence electrons. The predicted octanol–water partition coefficient (Wildman–Crippen LogP) is 5.35. The average Bonchev–Trinajstić information content (AvgIpc) is 3.31. The van der Waals surface area contributed by atoms with Crippen molar-refractivity contribution in [2.75, 3.05) is 6.61 Å². The topological polar surface area (TPSA) is 46.5 Å². The van der Waals surface area contributed by atoms with Crippen molar-refractivity contribution in [2.24, 2.45) is 22.2 Å². The molecule has 0 heterocycles. The van der Waals surface area contributed by atoms with Crippen molar-refractivity contribution in [3.63, 3.8) is 0 Å². The summed E-state index contributed by atoms with van der Waals surface area (Å²) in [5.74, 6) is 0.321. The van der Waals surface area contributed by atoms with Crippen LogP contribution in [0.1, 0.15) is 93.4 Å². The monoisotopic (exact) mass is 340 g/mol. The van der Waals surface area contributed by atoms with E-state index in [1.54, 1.807) is 0 Å². The van der Waals surface area contributed by atoms with Gasteiger partial charge in [-0.3, -0.25) is 4.79 Å². The quantitative estimate of drug-likeness (QED) is 0.502. The molecule has 2 aliphatic carbocycles. The standard InChI is InChI=1S/C19H34O3.C2H6/c1-6-7-12-22-16(21)19(10-11-19)15(20)13-14-8-9-17(2,3)18(14,4)5;1-2/h14-15,20H,6-13H2,1-5H3;1-2H3. The van der Waals surface area contributed by atoms with Gasteiger partial charge >= 0.3 is 5.97 Å². The highest BCUT2D eigenvalue weighted by atomic mass is 16.5. The van der Waals surface area contributed by atoms with Crippen LogP contribution in [-0.4, -0.2) is 23.8 Å². The molecule has 0 aromatic rings. The molecule has 0 bridgehead atoms. The molecule has 0 radical (unpaired) electrons. The molecule has 2 fully saturated rings. The van der Waals surface area contributed by atoms with Gasteiger partial charge in [0.05, 0.1) is 18.1 Å². The van der Waals surface area contributed by atoms with Crippen molar-refractivity contribution in [3.05, 3.63) is 0 Å². The van der Waals surface area contributed by atoms with Crippen LogP contribution >= 0.6 is 0 Å². The Morgan fingerprint density at radius 3 is 2.17 bits per heavy atom. The Morgan fingerprint density at radius 2 is 1.75 bits per heavy atom. The minimum absolute atomic E-state index is 0.163. The molecular weight excluding hydrogens is 300 g/mol. The number of esters is 1. The molecule has 0 aromatic heterocycles. The molecule has 0 amide bonds. The summed E-state index contributed by atoms with van der Waals surface area (Å²) in [6.45, 7) is 15.9. The number of carbonyl (C=O) groups is 1. The minimum atomic E-state index is -0.587. The van der Waals surface area contributed by atoms with Crippen LogP contribution in [-0.2, 0) is 9.53 Å². The number of aliphatic hydroxyl groups excluding tert-OH is 1. The maximum absolute atomic E-state index is 12.3. The highest BCUT2D eigenvalue weighted by molar-refractivity contribution is 5.80. The Morgan fingerprint density at radius 1 is 1.17 bits per heavy atom. The molecule has 24 heavy (non-hydrogen) atoms. The van der Waals surface area contributed by atoms with Crippen molar-refractivity contribution in [3.8, 4) is 0 Å². The Hall–Kier alpha value is -0.570. The molecule has 2 saturated carbocycles. The van der Waals surface area contributed by atoms with Gasteiger partial charge in [-0.25, -0.2) is 0 Å². The molecule has 3 nitrogen and oxygen atoms in total. The molecule has 0 aromatic carbocycles. The first-order valence-corrected chi connectivity index (χ1v) is 10.0. The summed E-state index contributed by atoms with van der Waals surface area (Å²) in [5, 5.41) is 10.7. The van der Waals surface area contributed by atoms with E-state index < -0.39 is 11.5 Å². The first-order chi connectivity index (χ1) is 11.2. The molecule has 2 unspecified atom stereocenters. The fourth-order valence-electron chi connectivity index (χ4n) is 3.94. The van der Waals surface area contributed by atoms with Crippen LogP contribution in [0.15, 0.2) is 0 Å². The van der Waals surface area contributed by atoms with E-state index in [2.05, 4.69) is 34.6 Å². The molecule has 2 aliphatic rings. The van der Waals surface area contributed by atoms with E-state index in [9.17, 15) is 9.90 Å². The minimum Gasteiger partial charge on any atom is -0.465 e. The van der Waals surface area contributed by atoms with Crippen molar-refractivity contribution < 1.29 is 14.6 Å². The zero-order chi connectivity index (χ0) is 18.6. The zero-order valence-electron chi connectivity index (χ0n) is 17.1. The summed E-state index contributed by atoms with van der Waals surface area (Å²) in [6.07, 6.45) is 6.05. The smallest absolute Gasteiger partial charge is 0.314 e. The fraction of sp³-hybridized carbons (Fsp3) is 0.952. The van der Waals surface area contributed by atoms with E-state index in [1.165, 1.54) is 6.42 Å². The third-order valence-corrected chi connectivity index (χ3v) is 6.95. The van der Waals surface area contributed by atoms with Gasteiger partial charge in [0.1, 0.15) is 0 Å². The van der Waals surface area contributed by atoms with Crippen molar-refractivity contribution in [1.29, 1.82) is 0 Å². The van der Waals surface area contributed by atoms with Gasteiger partial charge in [0.2, 0.25) is 0 Å². The van der Waals surface area contributed by atoms with Gasteiger partial charge < -0.3 is 9.84 Å². The molecule has 2 rings (SSSR count). The largest absolute Gasteiger partial charge is 0.465 e. The summed E-state index contributed by atoms with van der Waals surface area (Å²) < 4.78 is 5.39. The summed E-state index contributed by atoms with van der Waals surface area (Å²) in [7, 11) is 0. The lowest BCUT2D eigenvalue weighted by Crippen LogP contribution is -2.38. The lowest BCUT2D eigenvalue weighted by atomic mass is 9.65. The number of unbranched alkanes of at least 4 members (excludes halogenated alkanes) is 1. The van der Waals surface area contributed by atoms with Gasteiger partial charge in [-0.1, -0.05) is 54.9 Å². The maximum atomic E-state index is 12.3. The number of hydrogen-bond donors (Lipinski definition) is 1. The molecule has 0 aliphatic heterocycles. The number of hydrogen-bond acceptors (Lipinski definition) is 3. The van der Waals surface area contributed by atoms with Crippen LogP contribution in [0.5, 0.6) is 0 Å². The summed E-state index contributed by atoms with van der Waals surface area (Å²) in [6, 6.07) is 0. The molecule has 0 spiro atoms. The summed E-state index contributed by atoms with van der Waals surface area (Å²) >= 11 is 0. The molecule has 3 heteroatoms. The normalized spacial score (nSPS) is 26.9. The fourth-order valence-corrected chi connectivity index (χ4v) is 3.94. The van der Waals surface area contributed by atoms with Gasteiger partial charge in [0.15, 0.2) is 0 Å². The van der Waals surface area contributed by atoms with Gasteiger partial charge in [-0.15, -0.1) is 0 Å². The van der Waals surface area contributed by atoms with E-state index in [0.717, 1.165) is 38.5 Å². The van der Waals surface area contributed by atoms with E-state index in [-0.39, 0.29) is 11.4 Å². The Balaban J connectivity index is 0.00000139. The third-order valence-electron chi connectivity index (χ3n) is 6.95. The van der Waals surface area contributed by atoms with E-state index in [0.29, 0.717) is 17.9 Å². The number of aliphatic hydroxyl groups is 1. The summed E-state index contributed by atoms with van der Waals surface area (Å²) in [4.78, 5) is 12.3. The zero-order valence-corrected chi connectivity index (χ0v) is 17.1. The van der Waals surface area contributed by atoms with Crippen LogP contribution in [0.4, 0.5) is 0 Å². The van der Waals surface area contributed by atoms with Crippen molar-refractivity contribution >= 4 is 5.97 Å². The second-order valence-corrected chi connectivity index (χ2v) is 8.74. The Bertz CT molecular complexity index is 407. The second-order valence-electron chi connectivity index (χ2n) is 8.74. The third kappa shape index (κ3) is 4.15. The Kier molecular flexibility index (Phi) is 7.34. The first kappa shape index (κ1) is 21.5. The SMILES string of the molecule is CC.CCCCOC(=O)C1(C(O)CC2CCC(C)(C)C2(C)C)CC1. The van der Waals surface area contributed by atoms with E-state index in [1.807, 2.05) is 13.8 Å². The highest BCUT2D eigenvalue weighted by Crippen LogP contribution is 2.59. The van der Waals surface area contributed by atoms with Crippen LogP contribution in [0.25, 0.3) is 0 Å². The van der Waals surface area contributed by atoms with Crippen LogP contribution < -0.4 is 0 Å². The lowest BCUT2D eigenvalue weighted by Gasteiger charge is -2.40. The molecule has 1 N–H and O–H groups in total. The van der Waals surface area contributed by atoms with E-state index >= 15 is 0 Å². The van der Waals surface area contributed by atoms with Gasteiger partial charge in [0.25, 0.3) is 0 Å². The molecule has 2 atom stereocenters. The summed E-state index contributed by atoms with van der Waals surface area (Å²) in [5.41, 5.74) is -0.0809. The lowest BCUT2D eigenvalue weighted by molar-refractivity contribution is -0.156. The first-order valence-electron chi connectivity index (χ1n) is 10.0. The predicted molar refractivity (Wildman–Crippen MR) is 99.8 cm³/mol. The van der Waals surface area contributed by atoms with Gasteiger partial charge in [-0.05, 0) is 55.3 Å². The van der Waals surface area contributed by atoms with Crippen molar-refractivity contribution in [1.82, 2.24) is 0 Å². The average molecular weight is 341 g/mol. The number of rotatable bonds is 7. The molecular formula is C21H40O3. The second kappa shape index (κ2) is 8.21. The van der Waals surface area contributed by atoms with Gasteiger partial charge in [0, 0.05) is 0 Å². The van der Waals surface area contributed by atoms with Crippen LogP contribution in [0.3, 0.4) is 0 Å². The highest BCUT2D eigenvalue weighted by Gasteiger charge is 2.58. The number of ether oxygens (including phenoxy) is 1. The maximum Gasteiger partial charge on any atom is 0.314 e.